The van der Waals surface area contributed by atoms with Gasteiger partial charge in [0, 0.05) is 12.1 Å². The Morgan fingerprint density at radius 2 is 2.29 bits per heavy atom. The van der Waals surface area contributed by atoms with E-state index in [0.29, 0.717) is 12.6 Å². The molecule has 2 N–H and O–H groups in total. The predicted octanol–water partition coefficient (Wildman–Crippen LogP) is 0.985. The molecule has 3 heteroatoms. The van der Waals surface area contributed by atoms with Crippen molar-refractivity contribution < 1.29 is 4.79 Å². The minimum Gasteiger partial charge on any atom is -0.353 e. The molecule has 0 spiro atoms. The van der Waals surface area contributed by atoms with Crippen molar-refractivity contribution in [3.8, 4) is 0 Å². The molecule has 0 aliphatic heterocycles. The number of carbonyl (C=O) groups excluding carboxylic acids is 1. The summed E-state index contributed by atoms with van der Waals surface area (Å²) in [6.45, 7) is 4.31. The van der Waals surface area contributed by atoms with Crippen LogP contribution in [0.1, 0.15) is 20.3 Å². The number of hydrogen-bond donors (Lipinski definition) is 2. The van der Waals surface area contributed by atoms with Crippen LogP contribution in [0.4, 0.5) is 0 Å². The fourth-order valence-corrected chi connectivity index (χ4v) is 1.33. The molecule has 0 aromatic heterocycles. The van der Waals surface area contributed by atoms with Gasteiger partial charge in [0.1, 0.15) is 0 Å². The van der Waals surface area contributed by atoms with Crippen LogP contribution in [0.3, 0.4) is 0 Å². The quantitative estimate of drug-likeness (QED) is 0.700. The molecule has 0 saturated heterocycles. The van der Waals surface area contributed by atoms with E-state index < -0.39 is 0 Å². The molecule has 14 heavy (non-hydrogen) atoms. The molecule has 0 bridgehead atoms. The van der Waals surface area contributed by atoms with E-state index in [0.717, 1.165) is 6.42 Å². The van der Waals surface area contributed by atoms with Gasteiger partial charge in [0.25, 0.3) is 0 Å². The summed E-state index contributed by atoms with van der Waals surface area (Å²) < 4.78 is 0. The first kappa shape index (κ1) is 11.0. The first-order valence-electron chi connectivity index (χ1n) is 5.04. The Morgan fingerprint density at radius 3 is 2.86 bits per heavy atom. The molecular formula is C11H18N2O. The van der Waals surface area contributed by atoms with Gasteiger partial charge in [-0.05, 0) is 20.3 Å². The van der Waals surface area contributed by atoms with Gasteiger partial charge in [0.05, 0.1) is 6.54 Å². The van der Waals surface area contributed by atoms with E-state index in [4.69, 9.17) is 0 Å². The fraction of sp³-hybridized carbons (Fsp3) is 0.545. The molecule has 0 aromatic rings. The van der Waals surface area contributed by atoms with Crippen molar-refractivity contribution in [3.63, 3.8) is 0 Å². The molecule has 1 amide bonds. The third-order valence-electron chi connectivity index (χ3n) is 1.96. The summed E-state index contributed by atoms with van der Waals surface area (Å²) in [7, 11) is 0. The Balaban J connectivity index is 2.17. The second kappa shape index (κ2) is 5.60. The molecule has 0 saturated carbocycles. The Hall–Kier alpha value is -1.09. The summed E-state index contributed by atoms with van der Waals surface area (Å²) >= 11 is 0. The monoisotopic (exact) mass is 194 g/mol. The number of carbonyl (C=O) groups is 1. The Morgan fingerprint density at radius 1 is 1.50 bits per heavy atom. The Kier molecular flexibility index (Phi) is 4.40. The number of hydrogen-bond acceptors (Lipinski definition) is 2. The molecule has 1 aliphatic rings. The van der Waals surface area contributed by atoms with E-state index in [1.165, 1.54) is 0 Å². The highest BCUT2D eigenvalue weighted by molar-refractivity contribution is 5.78. The van der Waals surface area contributed by atoms with Crippen LogP contribution in [0, 0.1) is 0 Å². The first-order valence-corrected chi connectivity index (χ1v) is 5.04. The Bertz CT molecular complexity index is 244. The van der Waals surface area contributed by atoms with Crippen molar-refractivity contribution in [2.24, 2.45) is 0 Å². The van der Waals surface area contributed by atoms with Crippen molar-refractivity contribution in [1.29, 1.82) is 0 Å². The van der Waals surface area contributed by atoms with Crippen LogP contribution in [0.2, 0.25) is 0 Å². The van der Waals surface area contributed by atoms with E-state index in [2.05, 4.69) is 22.8 Å². The van der Waals surface area contributed by atoms with E-state index in [1.54, 1.807) is 0 Å². The summed E-state index contributed by atoms with van der Waals surface area (Å²) in [5.41, 5.74) is 0. The predicted molar refractivity (Wildman–Crippen MR) is 58.0 cm³/mol. The average molecular weight is 194 g/mol. The lowest BCUT2D eigenvalue weighted by Crippen LogP contribution is -2.41. The standard InChI is InChI=1S/C11H18N2O/c1-9(2)13-11(14)8-12-10-6-4-3-5-7-10/h3-6,9-10,12H,7-8H2,1-2H3,(H,13,14). The van der Waals surface area contributed by atoms with Crippen LogP contribution >= 0.6 is 0 Å². The highest BCUT2D eigenvalue weighted by Crippen LogP contribution is 2.01. The van der Waals surface area contributed by atoms with Crippen LogP contribution in [0.25, 0.3) is 0 Å². The maximum Gasteiger partial charge on any atom is 0.234 e. The van der Waals surface area contributed by atoms with Crippen LogP contribution in [0.5, 0.6) is 0 Å². The lowest BCUT2D eigenvalue weighted by molar-refractivity contribution is -0.120. The van der Waals surface area contributed by atoms with Gasteiger partial charge < -0.3 is 10.6 Å². The third-order valence-corrected chi connectivity index (χ3v) is 1.96. The fourth-order valence-electron chi connectivity index (χ4n) is 1.33. The largest absolute Gasteiger partial charge is 0.353 e. The summed E-state index contributed by atoms with van der Waals surface area (Å²) in [6, 6.07) is 0.518. The topological polar surface area (TPSA) is 41.1 Å². The summed E-state index contributed by atoms with van der Waals surface area (Å²) in [4.78, 5) is 11.3. The Labute approximate surface area is 85.3 Å². The molecule has 1 aliphatic carbocycles. The summed E-state index contributed by atoms with van der Waals surface area (Å²) in [5.74, 6) is 0.0583. The van der Waals surface area contributed by atoms with Crippen LogP contribution in [-0.4, -0.2) is 24.5 Å². The van der Waals surface area contributed by atoms with Gasteiger partial charge in [-0.25, -0.2) is 0 Å². The highest BCUT2D eigenvalue weighted by atomic mass is 16.1. The second-order valence-corrected chi connectivity index (χ2v) is 3.76. The first-order chi connectivity index (χ1) is 6.68. The van der Waals surface area contributed by atoms with E-state index in [-0.39, 0.29) is 11.9 Å². The number of allylic oxidation sites excluding steroid dienone is 2. The summed E-state index contributed by atoms with van der Waals surface area (Å²) in [5, 5.41) is 6.02. The van der Waals surface area contributed by atoms with Crippen molar-refractivity contribution in [2.45, 2.75) is 32.4 Å². The molecule has 1 atom stereocenters. The maximum absolute atomic E-state index is 11.3. The molecule has 0 fully saturated rings. The minimum atomic E-state index is 0.0583. The van der Waals surface area contributed by atoms with Gasteiger partial charge in [0.2, 0.25) is 5.91 Å². The average Bonchev–Trinajstić information content (AvgIpc) is 2.15. The third kappa shape index (κ3) is 4.23. The van der Waals surface area contributed by atoms with Crippen LogP contribution in [-0.2, 0) is 4.79 Å². The molecule has 3 nitrogen and oxygen atoms in total. The van der Waals surface area contributed by atoms with Gasteiger partial charge in [-0.15, -0.1) is 0 Å². The van der Waals surface area contributed by atoms with Crippen LogP contribution in [0.15, 0.2) is 24.3 Å². The number of amides is 1. The van der Waals surface area contributed by atoms with Crippen molar-refractivity contribution in [2.75, 3.05) is 6.54 Å². The SMILES string of the molecule is CC(C)NC(=O)CNC1C=CC=CC1. The number of nitrogens with one attached hydrogen (secondary N) is 2. The van der Waals surface area contributed by atoms with E-state index in [9.17, 15) is 4.79 Å². The second-order valence-electron chi connectivity index (χ2n) is 3.76. The van der Waals surface area contributed by atoms with Crippen molar-refractivity contribution >= 4 is 5.91 Å². The zero-order valence-electron chi connectivity index (χ0n) is 8.79. The van der Waals surface area contributed by atoms with E-state index in [1.807, 2.05) is 26.0 Å². The lowest BCUT2D eigenvalue weighted by atomic mass is 10.1. The van der Waals surface area contributed by atoms with Gasteiger partial charge in [-0.2, -0.15) is 0 Å². The lowest BCUT2D eigenvalue weighted by Gasteiger charge is -2.15. The van der Waals surface area contributed by atoms with Gasteiger partial charge in [-0.1, -0.05) is 24.3 Å². The highest BCUT2D eigenvalue weighted by Gasteiger charge is 2.07. The molecule has 1 rings (SSSR count). The molecule has 0 heterocycles. The van der Waals surface area contributed by atoms with E-state index >= 15 is 0 Å². The number of rotatable bonds is 4. The van der Waals surface area contributed by atoms with Gasteiger partial charge >= 0.3 is 0 Å². The molecular weight excluding hydrogens is 176 g/mol. The zero-order valence-corrected chi connectivity index (χ0v) is 8.79. The molecule has 1 unspecified atom stereocenters. The molecule has 0 aromatic carbocycles. The normalized spacial score (nSPS) is 20.1. The van der Waals surface area contributed by atoms with Crippen LogP contribution < -0.4 is 10.6 Å². The molecule has 0 radical (unpaired) electrons. The zero-order chi connectivity index (χ0) is 10.4. The minimum absolute atomic E-state index is 0.0583. The summed E-state index contributed by atoms with van der Waals surface area (Å²) in [6.07, 6.45) is 9.15. The van der Waals surface area contributed by atoms with Crippen molar-refractivity contribution in [1.82, 2.24) is 10.6 Å². The smallest absolute Gasteiger partial charge is 0.234 e. The molecule has 78 valence electrons. The van der Waals surface area contributed by atoms with Crippen molar-refractivity contribution in [3.05, 3.63) is 24.3 Å². The van der Waals surface area contributed by atoms with Gasteiger partial charge in [-0.3, -0.25) is 4.79 Å². The maximum atomic E-state index is 11.3. The van der Waals surface area contributed by atoms with Gasteiger partial charge in [0.15, 0.2) is 0 Å².